The highest BCUT2D eigenvalue weighted by Crippen LogP contribution is 2.37. The van der Waals surface area contributed by atoms with Gasteiger partial charge in [0.1, 0.15) is 22.1 Å². The van der Waals surface area contributed by atoms with Crippen LogP contribution in [0.1, 0.15) is 85.3 Å². The molecule has 4 saturated heterocycles. The van der Waals surface area contributed by atoms with Crippen molar-refractivity contribution in [3.63, 3.8) is 0 Å². The molecule has 5 aromatic rings. The number of rotatable bonds is 10. The summed E-state index contributed by atoms with van der Waals surface area (Å²) < 4.78 is 8.00. The van der Waals surface area contributed by atoms with Crippen LogP contribution >= 0.6 is 11.6 Å². The number of amides is 3. The molecule has 314 valence electrons. The van der Waals surface area contributed by atoms with E-state index in [0.29, 0.717) is 57.8 Å². The van der Waals surface area contributed by atoms with Gasteiger partial charge in [0.25, 0.3) is 5.91 Å². The van der Waals surface area contributed by atoms with Crippen LogP contribution in [0.15, 0.2) is 60.9 Å². The fourth-order valence-corrected chi connectivity index (χ4v) is 10.0. The summed E-state index contributed by atoms with van der Waals surface area (Å²) in [7, 11) is 1.87. The number of ether oxygens (including phenoxy) is 1. The number of hydrogen-bond acceptors (Lipinski definition) is 9. The topological polar surface area (TPSA) is 142 Å². The number of anilines is 1. The van der Waals surface area contributed by atoms with Crippen molar-refractivity contribution in [2.45, 2.75) is 70.6 Å². The lowest BCUT2D eigenvalue weighted by Gasteiger charge is -2.39. The van der Waals surface area contributed by atoms with Crippen molar-refractivity contribution >= 4 is 46.2 Å². The number of nitrogens with zero attached hydrogens (tertiary/aromatic N) is 7. The molecule has 4 fully saturated rings. The van der Waals surface area contributed by atoms with E-state index in [2.05, 4.69) is 59.4 Å². The number of halogens is 1. The van der Waals surface area contributed by atoms with Gasteiger partial charge in [0, 0.05) is 63.6 Å². The molecule has 9 rings (SSSR count). The third-order valence-electron chi connectivity index (χ3n) is 13.3. The van der Waals surface area contributed by atoms with Gasteiger partial charge in [-0.3, -0.25) is 24.4 Å². The number of likely N-dealkylation sites (tertiary alicyclic amines) is 2. The van der Waals surface area contributed by atoms with Crippen LogP contribution in [0.25, 0.3) is 22.6 Å². The number of hydrogen-bond donors (Lipinski definition) is 2. The number of nitrogens with one attached hydrogen (secondary N) is 2. The number of fused-ring (bicyclic) bond motifs is 1. The molecule has 7 heterocycles. The zero-order valence-corrected chi connectivity index (χ0v) is 35.3. The van der Waals surface area contributed by atoms with E-state index in [1.807, 2.05) is 49.3 Å². The highest BCUT2D eigenvalue weighted by atomic mass is 35.5. The fraction of sp³-hybridized carbons (Fsp3) is 0.478. The summed E-state index contributed by atoms with van der Waals surface area (Å²) in [4.78, 5) is 56.9. The Morgan fingerprint density at radius 1 is 0.867 bits per heavy atom. The monoisotopic (exact) mass is 831 g/mol. The van der Waals surface area contributed by atoms with Crippen molar-refractivity contribution in [3.8, 4) is 22.9 Å². The van der Waals surface area contributed by atoms with Gasteiger partial charge in [-0.05, 0) is 131 Å². The van der Waals surface area contributed by atoms with Gasteiger partial charge in [0.2, 0.25) is 11.8 Å². The van der Waals surface area contributed by atoms with Gasteiger partial charge >= 0.3 is 0 Å². The van der Waals surface area contributed by atoms with Crippen molar-refractivity contribution < 1.29 is 19.1 Å². The number of aromatic amines is 1. The molecule has 0 unspecified atom stereocenters. The number of aryl methyl sites for hydroxylation is 2. The van der Waals surface area contributed by atoms with Crippen LogP contribution in [0.2, 0.25) is 5.02 Å². The average Bonchev–Trinajstić information content (AvgIpc) is 3.85. The molecule has 3 aromatic heterocycles. The maximum Gasteiger partial charge on any atom is 0.253 e. The van der Waals surface area contributed by atoms with E-state index < -0.39 is 0 Å². The van der Waals surface area contributed by atoms with Gasteiger partial charge in [-0.2, -0.15) is 5.10 Å². The second-order valence-corrected chi connectivity index (χ2v) is 17.8. The molecule has 0 bridgehead atoms. The van der Waals surface area contributed by atoms with Gasteiger partial charge in [0.05, 0.1) is 23.4 Å². The number of carbonyl (C=O) groups excluding carboxylic acids is 3. The molecule has 60 heavy (non-hydrogen) atoms. The van der Waals surface area contributed by atoms with E-state index in [1.54, 1.807) is 4.68 Å². The number of imidazole rings is 1. The van der Waals surface area contributed by atoms with E-state index in [-0.39, 0.29) is 23.6 Å². The van der Waals surface area contributed by atoms with E-state index in [9.17, 15) is 14.4 Å². The minimum absolute atomic E-state index is 0.0659. The van der Waals surface area contributed by atoms with Crippen molar-refractivity contribution in [3.05, 3.63) is 82.8 Å². The summed E-state index contributed by atoms with van der Waals surface area (Å²) >= 11 is 6.56. The van der Waals surface area contributed by atoms with Crippen molar-refractivity contribution in [2.75, 3.05) is 50.7 Å². The highest BCUT2D eigenvalue weighted by Gasteiger charge is 2.31. The van der Waals surface area contributed by atoms with E-state index in [1.165, 1.54) is 63.6 Å². The molecule has 0 radical (unpaired) electrons. The smallest absolute Gasteiger partial charge is 0.253 e. The number of piperidine rings is 4. The molecule has 0 saturated carbocycles. The maximum absolute atomic E-state index is 13.5. The molecule has 4 aliphatic heterocycles. The van der Waals surface area contributed by atoms with Crippen LogP contribution < -0.4 is 15.0 Å². The second-order valence-electron chi connectivity index (χ2n) is 17.4. The summed E-state index contributed by atoms with van der Waals surface area (Å²) in [5.41, 5.74) is 5.68. The summed E-state index contributed by atoms with van der Waals surface area (Å²) in [5, 5.41) is 7.25. The first-order valence-electron chi connectivity index (χ1n) is 21.7. The Bertz CT molecular complexity index is 2340. The Morgan fingerprint density at radius 2 is 1.55 bits per heavy atom. The van der Waals surface area contributed by atoms with Gasteiger partial charge < -0.3 is 24.4 Å². The summed E-state index contributed by atoms with van der Waals surface area (Å²) in [5.74, 6) is 3.30. The zero-order chi connectivity index (χ0) is 41.3. The first-order chi connectivity index (χ1) is 29.1. The molecule has 2 aromatic carbocycles. The number of H-pyrrole nitrogens is 1. The molecule has 0 spiro atoms. The largest absolute Gasteiger partial charge is 0.453 e. The Morgan fingerprint density at radius 3 is 2.22 bits per heavy atom. The third-order valence-corrected chi connectivity index (χ3v) is 13.6. The minimum atomic E-state index is -0.233. The Hall–Kier alpha value is -5.27. The van der Waals surface area contributed by atoms with Crippen LogP contribution in [0.3, 0.4) is 0 Å². The van der Waals surface area contributed by atoms with Crippen LogP contribution in [0.4, 0.5) is 5.69 Å². The number of imide groups is 1. The predicted molar refractivity (Wildman–Crippen MR) is 231 cm³/mol. The lowest BCUT2D eigenvalue weighted by Crippen LogP contribution is -2.42. The summed E-state index contributed by atoms with van der Waals surface area (Å²) in [6, 6.07) is 15.7. The number of pyridine rings is 1. The van der Waals surface area contributed by atoms with Crippen LogP contribution in [-0.2, 0) is 16.6 Å². The third kappa shape index (κ3) is 8.79. The van der Waals surface area contributed by atoms with Gasteiger partial charge in [-0.15, -0.1) is 0 Å². The summed E-state index contributed by atoms with van der Waals surface area (Å²) in [6.07, 6.45) is 12.8. The standard InChI is InChI=1S/C46H54ClN9O4/c1-29-38(28-53(2)52-29)43-50-41-42(39(47)26-48-44(41)51-43)60-36-9-5-34(6-10-36)46(59)56-23-15-31(16-24-56)25-30-13-19-54(20-14-30)27-32-17-21-55(22-18-32)35-7-3-33(4-8-35)37-11-12-40(57)49-45(37)58/h3-10,26,28,30-32,37H,11-25,27H2,1-2H3,(H,48,50,51)(H,49,57,58)/t37-/m1/s1. The molecule has 4 aliphatic rings. The minimum Gasteiger partial charge on any atom is -0.453 e. The Labute approximate surface area is 355 Å². The van der Waals surface area contributed by atoms with Crippen LogP contribution in [0, 0.1) is 24.7 Å². The lowest BCUT2D eigenvalue weighted by atomic mass is 9.82. The van der Waals surface area contributed by atoms with Crippen molar-refractivity contribution in [2.24, 2.45) is 24.8 Å². The number of carbonyl (C=O) groups is 3. The van der Waals surface area contributed by atoms with E-state index >= 15 is 0 Å². The zero-order valence-electron chi connectivity index (χ0n) is 34.5. The van der Waals surface area contributed by atoms with Gasteiger partial charge in [0.15, 0.2) is 11.4 Å². The summed E-state index contributed by atoms with van der Waals surface area (Å²) in [6.45, 7) is 9.23. The Kier molecular flexibility index (Phi) is 11.6. The fourth-order valence-electron chi connectivity index (χ4n) is 9.85. The quantitative estimate of drug-likeness (QED) is 0.137. The first kappa shape index (κ1) is 40.2. The van der Waals surface area contributed by atoms with Crippen LogP contribution in [-0.4, -0.2) is 98.1 Å². The average molecular weight is 832 g/mol. The molecule has 13 nitrogen and oxygen atoms in total. The number of aromatic nitrogens is 5. The lowest BCUT2D eigenvalue weighted by molar-refractivity contribution is -0.134. The molecule has 14 heteroatoms. The molecule has 1 atom stereocenters. The molecule has 0 aliphatic carbocycles. The molecular weight excluding hydrogens is 778 g/mol. The van der Waals surface area contributed by atoms with Crippen molar-refractivity contribution in [1.29, 1.82) is 0 Å². The van der Waals surface area contributed by atoms with Gasteiger partial charge in [-0.1, -0.05) is 23.7 Å². The highest BCUT2D eigenvalue weighted by molar-refractivity contribution is 6.32. The molecule has 3 amide bonds. The SMILES string of the molecule is Cc1nn(C)cc1-c1nc2ncc(Cl)c(Oc3ccc(C(=O)N4CCC(CC5CCN(CC6CCN(c7ccc([C@H]8CCC(=O)NC8=O)cc7)CC6)CC5)CC4)cc3)c2[nH]1. The predicted octanol–water partition coefficient (Wildman–Crippen LogP) is 7.50. The molecular formula is C46H54ClN9O4. The normalized spacial score (nSPS) is 20.2. The van der Waals surface area contributed by atoms with E-state index in [0.717, 1.165) is 67.7 Å². The Balaban J connectivity index is 0.693. The van der Waals surface area contributed by atoms with Gasteiger partial charge in [-0.25, -0.2) is 9.97 Å². The molecule has 2 N–H and O–H groups in total. The van der Waals surface area contributed by atoms with Crippen molar-refractivity contribution in [1.82, 2.24) is 39.8 Å². The first-order valence-corrected chi connectivity index (χ1v) is 22.0. The maximum atomic E-state index is 13.5. The second kappa shape index (κ2) is 17.4. The number of benzene rings is 2. The van der Waals surface area contributed by atoms with E-state index in [4.69, 9.17) is 16.3 Å². The van der Waals surface area contributed by atoms with Crippen LogP contribution in [0.5, 0.6) is 11.5 Å².